The highest BCUT2D eigenvalue weighted by Gasteiger charge is 2.28. The van der Waals surface area contributed by atoms with Gasteiger partial charge in [0.05, 0.1) is 20.3 Å². The van der Waals surface area contributed by atoms with Crippen LogP contribution in [0, 0.1) is 0 Å². The molecule has 1 N–H and O–H groups in total. The standard InChI is InChI=1S/C14H14F3NO5/c1-21-12(19)7-11(13(20)22-2)18-9-4-3-5-10(6-9)23-8-14(15,16)17/h3-7,18H,8H2,1-2H3/b11-7+. The van der Waals surface area contributed by atoms with Gasteiger partial charge in [0, 0.05) is 11.8 Å². The fraction of sp³-hybridized carbons (Fsp3) is 0.286. The number of esters is 2. The maximum absolute atomic E-state index is 12.1. The first kappa shape index (κ1) is 18.3. The third-order valence-electron chi connectivity index (χ3n) is 2.38. The Hall–Kier alpha value is -2.71. The molecule has 0 aliphatic heterocycles. The number of hydrogen-bond donors (Lipinski definition) is 1. The number of hydrogen-bond acceptors (Lipinski definition) is 6. The van der Waals surface area contributed by atoms with Gasteiger partial charge in [-0.1, -0.05) is 6.07 Å². The van der Waals surface area contributed by atoms with Crippen LogP contribution in [0.25, 0.3) is 0 Å². The second-order valence-electron chi connectivity index (χ2n) is 4.13. The van der Waals surface area contributed by atoms with E-state index in [0.717, 1.165) is 20.3 Å². The molecule has 0 spiro atoms. The van der Waals surface area contributed by atoms with Gasteiger partial charge in [-0.25, -0.2) is 9.59 Å². The minimum absolute atomic E-state index is 0.0605. The predicted octanol–water partition coefficient (Wildman–Crippen LogP) is 2.27. The number of alkyl halides is 3. The molecule has 0 atom stereocenters. The van der Waals surface area contributed by atoms with Gasteiger partial charge in [-0.15, -0.1) is 0 Å². The molecule has 0 heterocycles. The zero-order valence-electron chi connectivity index (χ0n) is 12.3. The molecule has 0 saturated heterocycles. The highest BCUT2D eigenvalue weighted by molar-refractivity contribution is 5.98. The molecule has 9 heteroatoms. The summed E-state index contributed by atoms with van der Waals surface area (Å²) in [6.07, 6.45) is -3.61. The molecule has 1 aromatic carbocycles. The largest absolute Gasteiger partial charge is 0.484 e. The normalized spacial score (nSPS) is 11.6. The van der Waals surface area contributed by atoms with E-state index in [4.69, 9.17) is 0 Å². The van der Waals surface area contributed by atoms with Gasteiger partial charge in [0.2, 0.25) is 0 Å². The number of halogens is 3. The number of benzene rings is 1. The molecule has 23 heavy (non-hydrogen) atoms. The maximum atomic E-state index is 12.1. The summed E-state index contributed by atoms with van der Waals surface area (Å²) in [4.78, 5) is 22.8. The van der Waals surface area contributed by atoms with Crippen molar-refractivity contribution in [2.45, 2.75) is 6.18 Å². The van der Waals surface area contributed by atoms with Crippen molar-refractivity contribution < 1.29 is 37.0 Å². The van der Waals surface area contributed by atoms with Crippen LogP contribution in [-0.4, -0.2) is 38.9 Å². The Morgan fingerprint density at radius 1 is 1.22 bits per heavy atom. The Kier molecular flexibility index (Phi) is 6.43. The number of anilines is 1. The molecule has 1 rings (SSSR count). The average Bonchev–Trinajstić information content (AvgIpc) is 2.51. The van der Waals surface area contributed by atoms with Gasteiger partial charge in [-0.05, 0) is 12.1 Å². The summed E-state index contributed by atoms with van der Waals surface area (Å²) in [5.41, 5.74) is -0.0162. The first-order valence-electron chi connectivity index (χ1n) is 6.20. The smallest absolute Gasteiger partial charge is 0.422 e. The lowest BCUT2D eigenvalue weighted by atomic mass is 10.2. The highest BCUT2D eigenvalue weighted by Crippen LogP contribution is 2.22. The number of ether oxygens (including phenoxy) is 3. The van der Waals surface area contributed by atoms with Crippen molar-refractivity contribution in [3.63, 3.8) is 0 Å². The fourth-order valence-corrected chi connectivity index (χ4v) is 1.42. The lowest BCUT2D eigenvalue weighted by Gasteiger charge is -2.12. The second kappa shape index (κ2) is 8.06. The van der Waals surface area contributed by atoms with E-state index in [1.165, 1.54) is 24.3 Å². The first-order valence-corrected chi connectivity index (χ1v) is 6.20. The van der Waals surface area contributed by atoms with Crippen LogP contribution in [0.5, 0.6) is 5.75 Å². The van der Waals surface area contributed by atoms with Gasteiger partial charge in [0.15, 0.2) is 6.61 Å². The molecule has 0 bridgehead atoms. The van der Waals surface area contributed by atoms with Crippen LogP contribution in [-0.2, 0) is 19.1 Å². The molecule has 0 amide bonds. The Labute approximate surface area is 129 Å². The molecular formula is C14H14F3NO5. The summed E-state index contributed by atoms with van der Waals surface area (Å²) in [5.74, 6) is -1.71. The minimum atomic E-state index is -4.47. The third-order valence-corrected chi connectivity index (χ3v) is 2.38. The highest BCUT2D eigenvalue weighted by atomic mass is 19.4. The minimum Gasteiger partial charge on any atom is -0.484 e. The van der Waals surface area contributed by atoms with Crippen LogP contribution in [0.15, 0.2) is 36.0 Å². The molecule has 0 radical (unpaired) electrons. The summed E-state index contributed by atoms with van der Waals surface area (Å²) in [7, 11) is 2.23. The zero-order valence-corrected chi connectivity index (χ0v) is 12.3. The van der Waals surface area contributed by atoms with Crippen LogP contribution in [0.1, 0.15) is 0 Å². The Morgan fingerprint density at radius 3 is 2.48 bits per heavy atom. The van der Waals surface area contributed by atoms with E-state index in [1.807, 2.05) is 0 Å². The lowest BCUT2D eigenvalue weighted by molar-refractivity contribution is -0.153. The van der Waals surface area contributed by atoms with Gasteiger partial charge in [0.1, 0.15) is 11.4 Å². The van der Waals surface area contributed by atoms with Crippen molar-refractivity contribution in [2.24, 2.45) is 0 Å². The molecule has 1 aromatic rings. The van der Waals surface area contributed by atoms with Gasteiger partial charge < -0.3 is 19.5 Å². The molecule has 0 fully saturated rings. The van der Waals surface area contributed by atoms with Gasteiger partial charge >= 0.3 is 18.1 Å². The number of nitrogens with one attached hydrogen (secondary N) is 1. The van der Waals surface area contributed by atoms with E-state index in [9.17, 15) is 22.8 Å². The zero-order chi connectivity index (χ0) is 17.5. The number of carbonyl (C=O) groups is 2. The van der Waals surface area contributed by atoms with Crippen molar-refractivity contribution in [3.8, 4) is 5.75 Å². The second-order valence-corrected chi connectivity index (χ2v) is 4.13. The molecule has 0 aliphatic rings. The van der Waals surface area contributed by atoms with Gasteiger partial charge in [-0.3, -0.25) is 0 Å². The number of rotatable bonds is 6. The van der Waals surface area contributed by atoms with E-state index >= 15 is 0 Å². The van der Waals surface area contributed by atoms with Crippen LogP contribution >= 0.6 is 0 Å². The summed E-state index contributed by atoms with van der Waals surface area (Å²) >= 11 is 0. The molecule has 6 nitrogen and oxygen atoms in total. The van der Waals surface area contributed by atoms with Crippen LogP contribution < -0.4 is 10.1 Å². The van der Waals surface area contributed by atoms with Crippen molar-refractivity contribution in [2.75, 3.05) is 26.1 Å². The summed E-state index contributed by atoms with van der Waals surface area (Å²) in [6.45, 7) is -1.45. The third kappa shape index (κ3) is 6.72. The van der Waals surface area contributed by atoms with Crippen molar-refractivity contribution >= 4 is 17.6 Å². The van der Waals surface area contributed by atoms with E-state index in [1.54, 1.807) is 0 Å². The Bertz CT molecular complexity index is 598. The quantitative estimate of drug-likeness (QED) is 0.636. The van der Waals surface area contributed by atoms with E-state index in [-0.39, 0.29) is 17.1 Å². The number of carbonyl (C=O) groups excluding carboxylic acids is 2. The SMILES string of the molecule is COC(=O)/C=C(/Nc1cccc(OCC(F)(F)F)c1)C(=O)OC. The summed E-state index contributed by atoms with van der Waals surface area (Å²) in [6, 6.07) is 5.44. The molecule has 0 aliphatic carbocycles. The average molecular weight is 333 g/mol. The molecule has 0 unspecified atom stereocenters. The molecule has 126 valence electrons. The van der Waals surface area contributed by atoms with Crippen molar-refractivity contribution in [1.82, 2.24) is 0 Å². The summed E-state index contributed by atoms with van der Waals surface area (Å²) < 4.78 is 49.9. The predicted molar refractivity (Wildman–Crippen MR) is 73.7 cm³/mol. The van der Waals surface area contributed by atoms with Crippen LogP contribution in [0.3, 0.4) is 0 Å². The van der Waals surface area contributed by atoms with Crippen LogP contribution in [0.4, 0.5) is 18.9 Å². The fourth-order valence-electron chi connectivity index (χ4n) is 1.42. The van der Waals surface area contributed by atoms with Gasteiger partial charge in [-0.2, -0.15) is 13.2 Å². The Balaban J connectivity index is 2.90. The molecular weight excluding hydrogens is 319 g/mol. The molecule has 0 saturated carbocycles. The topological polar surface area (TPSA) is 73.9 Å². The monoisotopic (exact) mass is 333 g/mol. The van der Waals surface area contributed by atoms with E-state index < -0.39 is 24.7 Å². The van der Waals surface area contributed by atoms with Gasteiger partial charge in [0.25, 0.3) is 0 Å². The first-order chi connectivity index (χ1) is 10.7. The molecule has 0 aromatic heterocycles. The maximum Gasteiger partial charge on any atom is 0.422 e. The van der Waals surface area contributed by atoms with E-state index in [0.29, 0.717) is 0 Å². The van der Waals surface area contributed by atoms with Crippen LogP contribution in [0.2, 0.25) is 0 Å². The van der Waals surface area contributed by atoms with Crippen molar-refractivity contribution in [3.05, 3.63) is 36.0 Å². The van der Waals surface area contributed by atoms with E-state index in [2.05, 4.69) is 19.5 Å². The lowest BCUT2D eigenvalue weighted by Crippen LogP contribution is -2.19. The Morgan fingerprint density at radius 2 is 1.91 bits per heavy atom. The number of methoxy groups -OCH3 is 2. The summed E-state index contributed by atoms with van der Waals surface area (Å²) in [5, 5.41) is 2.56. The van der Waals surface area contributed by atoms with Crippen molar-refractivity contribution in [1.29, 1.82) is 0 Å².